The number of thioether (sulfide) groups is 1. The number of carbonyl (C=O) groups excluding carboxylic acids is 3. The highest BCUT2D eigenvalue weighted by atomic mass is 32.2. The van der Waals surface area contributed by atoms with Crippen LogP contribution in [-0.2, 0) is 9.53 Å². The van der Waals surface area contributed by atoms with Crippen molar-refractivity contribution in [2.24, 2.45) is 0 Å². The molecule has 0 radical (unpaired) electrons. The fourth-order valence-corrected chi connectivity index (χ4v) is 3.73. The molecule has 5 nitrogen and oxygen atoms in total. The molecular formula is C25H22O5S. The van der Waals surface area contributed by atoms with Gasteiger partial charge in [0.15, 0.2) is 5.78 Å². The van der Waals surface area contributed by atoms with Gasteiger partial charge in [0, 0.05) is 17.5 Å². The molecular weight excluding hydrogens is 412 g/mol. The van der Waals surface area contributed by atoms with Gasteiger partial charge in [-0.05, 0) is 43.3 Å². The highest BCUT2D eigenvalue weighted by Gasteiger charge is 2.28. The van der Waals surface area contributed by atoms with E-state index in [0.717, 1.165) is 11.8 Å². The van der Waals surface area contributed by atoms with Crippen LogP contribution in [0.1, 0.15) is 34.1 Å². The Bertz CT molecular complexity index is 1020. The van der Waals surface area contributed by atoms with Gasteiger partial charge in [0.2, 0.25) is 5.12 Å². The number of carbonyl (C=O) groups is 3. The van der Waals surface area contributed by atoms with Gasteiger partial charge in [-0.3, -0.25) is 14.4 Å². The first-order valence-corrected chi connectivity index (χ1v) is 10.7. The van der Waals surface area contributed by atoms with Crippen molar-refractivity contribution in [2.45, 2.75) is 18.6 Å². The number of benzene rings is 3. The third-order valence-electron chi connectivity index (χ3n) is 4.33. The lowest BCUT2D eigenvalue weighted by Gasteiger charge is -2.14. The molecule has 0 spiro atoms. The Hall–Kier alpha value is -3.38. The largest absolute Gasteiger partial charge is 0.465 e. The molecule has 0 aliphatic rings. The summed E-state index contributed by atoms with van der Waals surface area (Å²) in [5, 5.41) is -1.20. The molecule has 0 aliphatic carbocycles. The van der Waals surface area contributed by atoms with E-state index in [-0.39, 0.29) is 23.9 Å². The third-order valence-corrected chi connectivity index (χ3v) is 5.43. The van der Waals surface area contributed by atoms with Crippen molar-refractivity contribution in [3.8, 4) is 11.5 Å². The van der Waals surface area contributed by atoms with E-state index < -0.39 is 11.2 Å². The van der Waals surface area contributed by atoms with Crippen LogP contribution in [0.4, 0.5) is 0 Å². The van der Waals surface area contributed by atoms with Gasteiger partial charge in [0.1, 0.15) is 16.7 Å². The molecule has 0 aliphatic heterocycles. The first-order chi connectivity index (χ1) is 15.1. The molecule has 0 N–H and O–H groups in total. The maximum atomic E-state index is 12.8. The van der Waals surface area contributed by atoms with Crippen LogP contribution in [0.15, 0.2) is 84.9 Å². The molecule has 1 unspecified atom stereocenters. The average Bonchev–Trinajstić information content (AvgIpc) is 2.80. The average molecular weight is 435 g/mol. The van der Waals surface area contributed by atoms with Gasteiger partial charge in [-0.1, -0.05) is 60.3 Å². The molecule has 3 aromatic rings. The number of hydrogen-bond acceptors (Lipinski definition) is 6. The Morgan fingerprint density at radius 3 is 1.97 bits per heavy atom. The molecule has 0 amide bonds. The van der Waals surface area contributed by atoms with Crippen LogP contribution in [-0.4, -0.2) is 28.7 Å². The summed E-state index contributed by atoms with van der Waals surface area (Å²) in [4.78, 5) is 37.7. The molecule has 0 fully saturated rings. The highest BCUT2D eigenvalue weighted by Crippen LogP contribution is 2.25. The van der Waals surface area contributed by atoms with Crippen LogP contribution in [0.2, 0.25) is 0 Å². The molecule has 0 bridgehead atoms. The van der Waals surface area contributed by atoms with Crippen molar-refractivity contribution < 1.29 is 23.9 Å². The first kappa shape index (κ1) is 22.3. The fourth-order valence-electron chi connectivity index (χ4n) is 2.80. The zero-order valence-corrected chi connectivity index (χ0v) is 17.8. The molecule has 3 rings (SSSR count). The van der Waals surface area contributed by atoms with Crippen LogP contribution in [0.5, 0.6) is 11.5 Å². The monoisotopic (exact) mass is 434 g/mol. The second-order valence-corrected chi connectivity index (χ2v) is 7.75. The van der Waals surface area contributed by atoms with Crippen molar-refractivity contribution in [2.75, 3.05) is 6.61 Å². The van der Waals surface area contributed by atoms with Gasteiger partial charge < -0.3 is 9.47 Å². The normalized spacial score (nSPS) is 11.4. The summed E-state index contributed by atoms with van der Waals surface area (Å²) in [7, 11) is 0. The number of para-hydroxylation sites is 1. The quantitative estimate of drug-likeness (QED) is 0.325. The van der Waals surface area contributed by atoms with Crippen molar-refractivity contribution in [1.29, 1.82) is 0 Å². The lowest BCUT2D eigenvalue weighted by Crippen LogP contribution is -2.25. The van der Waals surface area contributed by atoms with E-state index in [2.05, 4.69) is 0 Å². The van der Waals surface area contributed by atoms with Crippen molar-refractivity contribution in [3.05, 3.63) is 96.1 Å². The van der Waals surface area contributed by atoms with Crippen LogP contribution in [0.25, 0.3) is 0 Å². The van der Waals surface area contributed by atoms with E-state index in [9.17, 15) is 14.4 Å². The minimum atomic E-state index is -0.916. The number of esters is 1. The molecule has 0 saturated carbocycles. The molecule has 6 heteroatoms. The minimum absolute atomic E-state index is 0.138. The van der Waals surface area contributed by atoms with Gasteiger partial charge >= 0.3 is 5.97 Å². The summed E-state index contributed by atoms with van der Waals surface area (Å²) < 4.78 is 10.8. The molecule has 0 aromatic heterocycles. The summed E-state index contributed by atoms with van der Waals surface area (Å²) in [6.07, 6.45) is -0.138. The van der Waals surface area contributed by atoms with Crippen LogP contribution < -0.4 is 4.74 Å². The SMILES string of the molecule is CCOC(=O)C(CC(=O)c1ccc(Oc2ccccc2)cc1)SC(=O)c1ccccc1. The van der Waals surface area contributed by atoms with E-state index in [1.165, 1.54) is 0 Å². The number of rotatable bonds is 9. The number of Topliss-reactive ketones (excluding diaryl/α,β-unsaturated/α-hetero) is 1. The first-order valence-electron chi connectivity index (χ1n) is 9.85. The summed E-state index contributed by atoms with van der Waals surface area (Å²) >= 11 is 0.815. The fraction of sp³-hybridized carbons (Fsp3) is 0.160. The smallest absolute Gasteiger partial charge is 0.320 e. The van der Waals surface area contributed by atoms with Crippen LogP contribution >= 0.6 is 11.8 Å². The zero-order chi connectivity index (χ0) is 22.1. The van der Waals surface area contributed by atoms with E-state index in [0.29, 0.717) is 22.6 Å². The van der Waals surface area contributed by atoms with Crippen LogP contribution in [0, 0.1) is 0 Å². The Morgan fingerprint density at radius 1 is 0.774 bits per heavy atom. The number of hydrogen-bond donors (Lipinski definition) is 0. The Labute approximate surface area is 185 Å². The van der Waals surface area contributed by atoms with E-state index >= 15 is 0 Å². The van der Waals surface area contributed by atoms with Gasteiger partial charge in [0.05, 0.1) is 6.61 Å². The zero-order valence-electron chi connectivity index (χ0n) is 17.0. The topological polar surface area (TPSA) is 69.7 Å². The van der Waals surface area contributed by atoms with Gasteiger partial charge in [-0.2, -0.15) is 0 Å². The number of ketones is 1. The second kappa shape index (κ2) is 11.1. The van der Waals surface area contributed by atoms with Crippen molar-refractivity contribution in [1.82, 2.24) is 0 Å². The Balaban J connectivity index is 1.67. The van der Waals surface area contributed by atoms with E-state index in [1.807, 2.05) is 30.3 Å². The number of ether oxygens (including phenoxy) is 2. The van der Waals surface area contributed by atoms with Gasteiger partial charge in [0.25, 0.3) is 0 Å². The summed E-state index contributed by atoms with van der Waals surface area (Å²) in [5.41, 5.74) is 0.902. The molecule has 0 heterocycles. The van der Waals surface area contributed by atoms with Gasteiger partial charge in [-0.25, -0.2) is 0 Å². The minimum Gasteiger partial charge on any atom is -0.465 e. The Morgan fingerprint density at radius 2 is 1.35 bits per heavy atom. The van der Waals surface area contributed by atoms with Gasteiger partial charge in [-0.15, -0.1) is 0 Å². The van der Waals surface area contributed by atoms with E-state index in [1.54, 1.807) is 61.5 Å². The van der Waals surface area contributed by atoms with Crippen LogP contribution in [0.3, 0.4) is 0 Å². The Kier molecular flexibility index (Phi) is 8.01. The molecule has 3 aromatic carbocycles. The predicted octanol–water partition coefficient (Wildman–Crippen LogP) is 5.56. The predicted molar refractivity (Wildman–Crippen MR) is 121 cm³/mol. The summed E-state index contributed by atoms with van der Waals surface area (Å²) in [6.45, 7) is 1.86. The van der Waals surface area contributed by atoms with E-state index in [4.69, 9.17) is 9.47 Å². The maximum Gasteiger partial charge on any atom is 0.320 e. The summed E-state index contributed by atoms with van der Waals surface area (Å²) in [5.74, 6) is 0.463. The highest BCUT2D eigenvalue weighted by molar-refractivity contribution is 8.15. The molecule has 0 saturated heterocycles. The third kappa shape index (κ3) is 6.55. The lowest BCUT2D eigenvalue weighted by atomic mass is 10.1. The second-order valence-electron chi connectivity index (χ2n) is 6.58. The molecule has 31 heavy (non-hydrogen) atoms. The standard InChI is InChI=1S/C25H22O5S/c1-2-29-24(27)23(31-25(28)19-9-5-3-6-10-19)17-22(26)18-13-15-21(16-14-18)30-20-11-7-4-8-12-20/h3-16,23H,2,17H2,1H3. The molecule has 1 atom stereocenters. The lowest BCUT2D eigenvalue weighted by molar-refractivity contribution is -0.142. The van der Waals surface area contributed by atoms with Crippen molar-refractivity contribution in [3.63, 3.8) is 0 Å². The summed E-state index contributed by atoms with van der Waals surface area (Å²) in [6, 6.07) is 24.6. The van der Waals surface area contributed by atoms with Crippen molar-refractivity contribution >= 4 is 28.6 Å². The molecule has 158 valence electrons. The maximum absolute atomic E-state index is 12.8.